The molecular formula is C28H29F3N2O6S. The molecule has 0 unspecified atom stereocenters. The monoisotopic (exact) mass is 578 g/mol. The number of nitrogens with one attached hydrogen (secondary N) is 1. The Labute approximate surface area is 231 Å². The van der Waals surface area contributed by atoms with E-state index in [1.165, 1.54) is 17.4 Å². The third-order valence-corrected chi connectivity index (χ3v) is 8.18. The van der Waals surface area contributed by atoms with E-state index in [-0.39, 0.29) is 18.6 Å². The topological polar surface area (TPSA) is 123 Å². The normalized spacial score (nSPS) is 18.7. The highest BCUT2D eigenvalue weighted by Gasteiger charge is 2.34. The number of thiophene rings is 1. The average Bonchev–Trinajstić information content (AvgIpc) is 3.55. The van der Waals surface area contributed by atoms with Gasteiger partial charge >= 0.3 is 18.1 Å². The number of aromatic nitrogens is 1. The number of aliphatic carboxylic acids is 2. The highest BCUT2D eigenvalue weighted by Crippen LogP contribution is 2.42. The van der Waals surface area contributed by atoms with Crippen LogP contribution in [0.3, 0.4) is 0 Å². The number of hydrogen-bond acceptors (Lipinski definition) is 6. The lowest BCUT2D eigenvalue weighted by Gasteiger charge is -2.38. The van der Waals surface area contributed by atoms with Crippen molar-refractivity contribution in [3.05, 3.63) is 65.2 Å². The molecule has 0 aliphatic carbocycles. The number of ether oxygens (including phenoxy) is 1. The summed E-state index contributed by atoms with van der Waals surface area (Å²) in [4.78, 5) is 24.6. The van der Waals surface area contributed by atoms with Gasteiger partial charge in [-0.05, 0) is 68.6 Å². The van der Waals surface area contributed by atoms with E-state index in [9.17, 15) is 18.3 Å². The summed E-state index contributed by atoms with van der Waals surface area (Å²) in [6, 6.07) is 14.1. The molecule has 4 N–H and O–H groups in total. The van der Waals surface area contributed by atoms with Gasteiger partial charge in [0.05, 0.1) is 5.56 Å². The number of aromatic amines is 1. The number of fused-ring (bicyclic) bond motifs is 2. The zero-order valence-corrected chi connectivity index (χ0v) is 22.3. The van der Waals surface area contributed by atoms with Crippen LogP contribution in [0.2, 0.25) is 0 Å². The van der Waals surface area contributed by atoms with Crippen molar-refractivity contribution >= 4 is 44.3 Å². The van der Waals surface area contributed by atoms with Gasteiger partial charge in [-0.2, -0.15) is 13.2 Å². The molecule has 2 aromatic heterocycles. The number of rotatable bonds is 6. The summed E-state index contributed by atoms with van der Waals surface area (Å²) in [5.74, 6) is -2.68. The molecule has 0 amide bonds. The van der Waals surface area contributed by atoms with Crippen molar-refractivity contribution in [3.63, 3.8) is 0 Å². The van der Waals surface area contributed by atoms with E-state index in [0.29, 0.717) is 16.6 Å². The number of H-pyrrole nitrogens is 1. The number of halogens is 3. The van der Waals surface area contributed by atoms with Crippen molar-refractivity contribution in [3.8, 4) is 5.75 Å². The number of hydrogen-bond donors (Lipinski definition) is 4. The molecule has 3 atom stereocenters. The number of carboxylic acids is 2. The average molecular weight is 579 g/mol. The van der Waals surface area contributed by atoms with Crippen LogP contribution in [-0.2, 0) is 15.8 Å². The molecule has 5 rings (SSSR count). The lowest BCUT2D eigenvalue weighted by atomic mass is 9.89. The molecule has 0 saturated carbocycles. The number of piperidine rings is 1. The first kappa shape index (κ1) is 29.4. The van der Waals surface area contributed by atoms with Crippen LogP contribution in [0.15, 0.2) is 54.7 Å². The third kappa shape index (κ3) is 6.93. The Morgan fingerprint density at radius 2 is 1.85 bits per heavy atom. The number of benzene rings is 2. The fourth-order valence-electron chi connectivity index (χ4n) is 4.97. The van der Waals surface area contributed by atoms with Gasteiger partial charge in [0.15, 0.2) is 0 Å². The van der Waals surface area contributed by atoms with Crippen LogP contribution in [-0.4, -0.2) is 69.0 Å². The summed E-state index contributed by atoms with van der Waals surface area (Å²) in [6.45, 7) is 3.61. The fourth-order valence-corrected chi connectivity index (χ4v) is 6.21. The van der Waals surface area contributed by atoms with Crippen molar-refractivity contribution in [1.82, 2.24) is 9.88 Å². The first-order chi connectivity index (χ1) is 18.9. The molecule has 0 bridgehead atoms. The zero-order chi connectivity index (χ0) is 29.0. The number of carboxylic acid groups (broad SMARTS) is 2. The second kappa shape index (κ2) is 12.3. The SMILES string of the molecule is C[C@@H]1C[C@@H](c2cc3c(C(F)(F)F)cccc3s2)CCN1C[C@H](O)COc1cccc2[nH]ccc12.O=C(O)C(=O)O. The molecule has 214 valence electrons. The number of carbonyl (C=O) groups is 2. The molecule has 0 radical (unpaired) electrons. The first-order valence-electron chi connectivity index (χ1n) is 12.6. The summed E-state index contributed by atoms with van der Waals surface area (Å²) in [6.07, 6.45) is -1.41. The quantitative estimate of drug-likeness (QED) is 0.221. The van der Waals surface area contributed by atoms with Gasteiger partial charge in [-0.3, -0.25) is 4.90 Å². The Hall–Kier alpha value is -3.61. The van der Waals surface area contributed by atoms with Crippen LogP contribution < -0.4 is 4.74 Å². The van der Waals surface area contributed by atoms with Gasteiger partial charge < -0.3 is 25.0 Å². The fraction of sp³-hybridized carbons (Fsp3) is 0.357. The minimum Gasteiger partial charge on any atom is -0.490 e. The van der Waals surface area contributed by atoms with Gasteiger partial charge in [-0.1, -0.05) is 12.1 Å². The minimum atomic E-state index is -4.35. The van der Waals surface area contributed by atoms with Crippen LogP contribution >= 0.6 is 11.3 Å². The molecule has 1 aliphatic rings. The number of alkyl halides is 3. The third-order valence-electron chi connectivity index (χ3n) is 6.92. The van der Waals surface area contributed by atoms with Gasteiger partial charge in [-0.25, -0.2) is 9.59 Å². The highest BCUT2D eigenvalue weighted by molar-refractivity contribution is 7.19. The summed E-state index contributed by atoms with van der Waals surface area (Å²) in [5, 5.41) is 26.7. The molecule has 3 heterocycles. The molecule has 1 saturated heterocycles. The molecule has 2 aromatic carbocycles. The second-order valence-corrected chi connectivity index (χ2v) is 10.8. The smallest absolute Gasteiger partial charge is 0.417 e. The molecule has 4 aromatic rings. The standard InChI is InChI=1S/C26H27F3N2O2S.C2H2O4/c1-16-12-17(25-13-20-21(26(27,28)29)4-2-7-24(20)34-25)9-11-31(16)14-18(32)15-33-23-6-3-5-22-19(23)8-10-30-22;3-1(4)2(5)6/h2-8,10,13,16-18,30,32H,9,11-12,14-15H2,1H3;(H,3,4)(H,5,6)/t16-,17+,18+;/m1./s1. The lowest BCUT2D eigenvalue weighted by Crippen LogP contribution is -2.45. The van der Waals surface area contributed by atoms with Crippen molar-refractivity contribution in [1.29, 1.82) is 0 Å². The summed E-state index contributed by atoms with van der Waals surface area (Å²) in [7, 11) is 0. The van der Waals surface area contributed by atoms with Crippen LogP contribution in [0.1, 0.15) is 36.1 Å². The van der Waals surface area contributed by atoms with Crippen molar-refractivity contribution < 1.29 is 42.8 Å². The van der Waals surface area contributed by atoms with E-state index in [1.807, 2.05) is 30.5 Å². The Balaban J connectivity index is 0.000000557. The summed E-state index contributed by atoms with van der Waals surface area (Å²) in [5.41, 5.74) is 0.433. The van der Waals surface area contributed by atoms with E-state index < -0.39 is 29.8 Å². The number of aliphatic hydroxyl groups is 1. The molecular weight excluding hydrogens is 549 g/mol. The van der Waals surface area contributed by atoms with Gasteiger partial charge in [0, 0.05) is 44.6 Å². The lowest BCUT2D eigenvalue weighted by molar-refractivity contribution is -0.159. The number of likely N-dealkylation sites (tertiary alicyclic amines) is 1. The van der Waals surface area contributed by atoms with Crippen LogP contribution in [0.4, 0.5) is 13.2 Å². The maximum absolute atomic E-state index is 13.4. The predicted octanol–water partition coefficient (Wildman–Crippen LogP) is 5.56. The zero-order valence-electron chi connectivity index (χ0n) is 21.5. The van der Waals surface area contributed by atoms with Crippen LogP contribution in [0.25, 0.3) is 21.0 Å². The van der Waals surface area contributed by atoms with E-state index in [0.717, 1.165) is 47.0 Å². The molecule has 1 fully saturated rings. The van der Waals surface area contributed by atoms with Crippen molar-refractivity contribution in [2.45, 2.75) is 44.0 Å². The Morgan fingerprint density at radius 3 is 2.52 bits per heavy atom. The highest BCUT2D eigenvalue weighted by atomic mass is 32.1. The van der Waals surface area contributed by atoms with E-state index in [1.54, 1.807) is 12.1 Å². The van der Waals surface area contributed by atoms with Crippen LogP contribution in [0, 0.1) is 0 Å². The number of β-amino-alcohol motifs (C(OH)–C–C–N with tert-alkyl or cyclic N) is 1. The Bertz CT molecular complexity index is 1470. The minimum absolute atomic E-state index is 0.202. The number of nitrogens with zero attached hydrogens (tertiary/aromatic N) is 1. The first-order valence-corrected chi connectivity index (χ1v) is 13.4. The van der Waals surface area contributed by atoms with E-state index in [2.05, 4.69) is 16.8 Å². The second-order valence-electron chi connectivity index (χ2n) is 9.70. The van der Waals surface area contributed by atoms with Crippen molar-refractivity contribution in [2.75, 3.05) is 19.7 Å². The molecule has 0 spiro atoms. The van der Waals surface area contributed by atoms with E-state index in [4.69, 9.17) is 24.5 Å². The maximum atomic E-state index is 13.4. The Kier molecular flexibility index (Phi) is 9.02. The maximum Gasteiger partial charge on any atom is 0.417 e. The van der Waals surface area contributed by atoms with Gasteiger partial charge in [0.2, 0.25) is 0 Å². The summed E-state index contributed by atoms with van der Waals surface area (Å²) >= 11 is 1.47. The van der Waals surface area contributed by atoms with E-state index >= 15 is 0 Å². The number of aliphatic hydroxyl groups excluding tert-OH is 1. The summed E-state index contributed by atoms with van der Waals surface area (Å²) < 4.78 is 46.8. The molecule has 12 heteroatoms. The molecule has 8 nitrogen and oxygen atoms in total. The Morgan fingerprint density at radius 1 is 1.12 bits per heavy atom. The largest absolute Gasteiger partial charge is 0.490 e. The van der Waals surface area contributed by atoms with Gasteiger partial charge in [0.1, 0.15) is 18.5 Å². The van der Waals surface area contributed by atoms with Gasteiger partial charge in [0.25, 0.3) is 0 Å². The molecule has 40 heavy (non-hydrogen) atoms. The predicted molar refractivity (Wildman–Crippen MR) is 145 cm³/mol. The molecule has 1 aliphatic heterocycles. The van der Waals surface area contributed by atoms with Gasteiger partial charge in [-0.15, -0.1) is 11.3 Å². The van der Waals surface area contributed by atoms with Crippen LogP contribution in [0.5, 0.6) is 5.75 Å². The van der Waals surface area contributed by atoms with Crippen molar-refractivity contribution in [2.24, 2.45) is 0 Å².